The lowest BCUT2D eigenvalue weighted by atomic mass is 9.85. The Kier molecular flexibility index (Phi) is 75.2. The first-order valence-corrected chi connectivity index (χ1v) is 41.0. The van der Waals surface area contributed by atoms with Crippen LogP contribution in [0.1, 0.15) is 255 Å². The van der Waals surface area contributed by atoms with Crippen molar-refractivity contribution in [1.29, 1.82) is 0 Å². The Balaban J connectivity index is -0.000000331. The summed E-state index contributed by atoms with van der Waals surface area (Å²) >= 11 is 0. The van der Waals surface area contributed by atoms with Crippen molar-refractivity contribution in [2.75, 3.05) is 0 Å². The van der Waals surface area contributed by atoms with Crippen molar-refractivity contribution in [3.63, 3.8) is 0 Å². The normalized spacial score (nSPS) is 8.95. The number of carbonyl (C=O) groups is 20. The lowest BCUT2D eigenvalue weighted by Gasteiger charge is -2.17. The van der Waals surface area contributed by atoms with E-state index in [1.54, 1.807) is 0 Å². The molecule has 0 unspecified atom stereocenters. The third-order valence-corrected chi connectivity index (χ3v) is 13.4. The molecule has 0 bridgehead atoms. The molecule has 131 heavy (non-hydrogen) atoms. The number of carbonyl (C=O) groups excluding carboxylic acids is 20. The highest BCUT2D eigenvalue weighted by molar-refractivity contribution is 6.21. The first kappa shape index (κ1) is 126. The highest BCUT2D eigenvalue weighted by Crippen LogP contribution is 2.28. The zero-order valence-electron chi connectivity index (χ0n) is 79.4. The molecule has 0 atom stereocenters. The lowest BCUT2D eigenvalue weighted by molar-refractivity contribution is -0.158. The fourth-order valence-corrected chi connectivity index (χ4v) is 9.44. The maximum Gasteiger partial charge on any atom is 0.310 e. The van der Waals surface area contributed by atoms with E-state index in [4.69, 9.17) is 0 Å². The van der Waals surface area contributed by atoms with Gasteiger partial charge in [0.15, 0.2) is 23.1 Å². The van der Waals surface area contributed by atoms with Crippen molar-refractivity contribution in [1.82, 2.24) is 0 Å². The first-order valence-electron chi connectivity index (χ1n) is 41.0. The summed E-state index contributed by atoms with van der Waals surface area (Å²) in [6, 6.07) is 80.7. The van der Waals surface area contributed by atoms with Crippen LogP contribution in [-0.4, -0.2) is 119 Å². The van der Waals surface area contributed by atoms with Gasteiger partial charge in [-0.3, -0.25) is 95.9 Å². The average molecular weight is 1810 g/mol. The number of hydrogen-bond donors (Lipinski definition) is 0. The molecular formula is C103H122O28. The summed E-state index contributed by atoms with van der Waals surface area (Å²) in [5, 5.41) is 4.19. The van der Waals surface area contributed by atoms with Gasteiger partial charge in [-0.2, -0.15) is 0 Å². The SMILES string of the molecule is CC.CC.CC.CC.CC.CC(=O)OC(C)=O.CC(=O)OC(C)=O.CC(=O)OC(C)=O.CC(=O)OC(C)=O.CC(=O)OC(C)=O.CC(=O)OC(C)=O.CC(=O)OC(C)=O.CC(=O)OC(C)=O.O=C(c1cccc2ccccc12)c1cccc2ccccc12.O=C(c1ccccc1)c1ccccc1.O=C(c1ccccc1)c1ccccc1.O=C1c2ccccc2Cc2ccccc21. The standard InChI is InChI=1S/C21H14O.C14H10O.2C13H10O.8C4H6O3.5C2H6/c22-21(19-13-5-9-15-7-1-3-11-17(15)19)20-14-6-10-16-8-2-4-12-18(16)20;15-14-12-7-3-1-5-10(12)9-11-6-2-4-8-13(11)14;2*14-13(11-7-3-1-4-8-11)12-9-5-2-6-10-12;8*1-3(5)7-4(2)6;5*1-2/h1-14H;1-8H,9H2;2*1-10H;8*1-2H3;5*1-2H3. The van der Waals surface area contributed by atoms with E-state index in [1.165, 1.54) is 111 Å². The summed E-state index contributed by atoms with van der Waals surface area (Å²) in [6.45, 7) is 38.9. The van der Waals surface area contributed by atoms with Gasteiger partial charge in [0, 0.05) is 155 Å². The largest absolute Gasteiger partial charge is 0.394 e. The zero-order chi connectivity index (χ0) is 102. The van der Waals surface area contributed by atoms with E-state index in [-0.39, 0.29) is 23.1 Å². The quantitative estimate of drug-likeness (QED) is 0.0645. The smallest absolute Gasteiger partial charge is 0.310 e. The van der Waals surface area contributed by atoms with Crippen LogP contribution in [0.2, 0.25) is 0 Å². The number of ketones is 4. The Morgan fingerprint density at radius 1 is 0.183 bits per heavy atom. The lowest BCUT2D eigenvalue weighted by Crippen LogP contribution is -2.14. The van der Waals surface area contributed by atoms with E-state index in [9.17, 15) is 95.9 Å². The van der Waals surface area contributed by atoms with Gasteiger partial charge in [0.2, 0.25) is 0 Å². The van der Waals surface area contributed by atoms with E-state index in [0.29, 0.717) is 0 Å². The topological polar surface area (TPSA) is 415 Å². The van der Waals surface area contributed by atoms with Crippen molar-refractivity contribution >= 4 is 140 Å². The summed E-state index contributed by atoms with van der Waals surface area (Å²) < 4.78 is 31.8. The Morgan fingerprint density at radius 3 is 0.527 bits per heavy atom. The number of hydrogen-bond acceptors (Lipinski definition) is 28. The Labute approximate surface area is 767 Å². The molecule has 0 saturated heterocycles. The predicted molar refractivity (Wildman–Crippen MR) is 499 cm³/mol. The first-order chi connectivity index (χ1) is 62.0. The minimum Gasteiger partial charge on any atom is -0.394 e. The minimum absolute atomic E-state index is 0.0752. The zero-order valence-corrected chi connectivity index (χ0v) is 79.4. The fourth-order valence-electron chi connectivity index (χ4n) is 9.44. The molecule has 0 aliphatic heterocycles. The number of ether oxygens (including phenoxy) is 8. The third kappa shape index (κ3) is 65.7. The van der Waals surface area contributed by atoms with Gasteiger partial charge >= 0.3 is 95.5 Å². The van der Waals surface area contributed by atoms with Crippen LogP contribution in [0.4, 0.5) is 0 Å². The van der Waals surface area contributed by atoms with Gasteiger partial charge in [-0.05, 0) is 39.1 Å². The van der Waals surface area contributed by atoms with Gasteiger partial charge in [-0.15, -0.1) is 0 Å². The van der Waals surface area contributed by atoms with Gasteiger partial charge in [-0.1, -0.05) is 324 Å². The summed E-state index contributed by atoms with van der Waals surface area (Å²) in [4.78, 5) is 206. The monoisotopic (exact) mass is 1810 g/mol. The fraction of sp³-hybridized carbons (Fsp3) is 0.262. The molecule has 0 fully saturated rings. The van der Waals surface area contributed by atoms with Crippen LogP contribution >= 0.6 is 0 Å². The number of esters is 16. The molecule has 702 valence electrons. The third-order valence-electron chi connectivity index (χ3n) is 13.4. The summed E-state index contributed by atoms with van der Waals surface area (Å²) in [7, 11) is 0. The Bertz CT molecular complexity index is 4510. The Hall–Kier alpha value is -15.5. The van der Waals surface area contributed by atoms with Gasteiger partial charge in [-0.25, -0.2) is 0 Å². The number of rotatable bonds is 6. The van der Waals surface area contributed by atoms with E-state index in [2.05, 4.69) is 37.9 Å². The summed E-state index contributed by atoms with van der Waals surface area (Å²) in [5.41, 5.74) is 8.45. The van der Waals surface area contributed by atoms with E-state index in [0.717, 1.165) is 83.6 Å². The van der Waals surface area contributed by atoms with Crippen molar-refractivity contribution in [3.05, 3.63) is 310 Å². The van der Waals surface area contributed by atoms with Crippen LogP contribution in [0.5, 0.6) is 0 Å². The van der Waals surface area contributed by atoms with Crippen molar-refractivity contribution < 1.29 is 134 Å². The number of fused-ring (bicyclic) bond motifs is 4. The molecule has 1 aliphatic rings. The summed E-state index contributed by atoms with van der Waals surface area (Å²) in [6.07, 6.45) is 0.873. The maximum atomic E-state index is 13.1. The van der Waals surface area contributed by atoms with Crippen LogP contribution in [-0.2, 0) is 121 Å². The molecule has 10 aromatic rings. The molecule has 28 heteroatoms. The Morgan fingerprint density at radius 2 is 0.344 bits per heavy atom. The summed E-state index contributed by atoms with van der Waals surface area (Å²) in [5.74, 6) is -8.61. The molecule has 0 N–H and O–H groups in total. The second-order valence-electron chi connectivity index (χ2n) is 24.0. The van der Waals surface area contributed by atoms with Gasteiger partial charge in [0.05, 0.1) is 0 Å². The van der Waals surface area contributed by atoms with E-state index < -0.39 is 95.5 Å². The highest BCUT2D eigenvalue weighted by Gasteiger charge is 2.22. The van der Waals surface area contributed by atoms with Crippen molar-refractivity contribution in [3.8, 4) is 0 Å². The molecule has 0 saturated carbocycles. The molecular weight excluding hydrogens is 1690 g/mol. The molecule has 0 radical (unpaired) electrons. The molecule has 0 heterocycles. The molecule has 11 rings (SSSR count). The van der Waals surface area contributed by atoms with Crippen LogP contribution in [0.25, 0.3) is 21.5 Å². The second kappa shape index (κ2) is 78.0. The van der Waals surface area contributed by atoms with Crippen molar-refractivity contribution in [2.45, 2.75) is 186 Å². The van der Waals surface area contributed by atoms with Crippen molar-refractivity contribution in [2.24, 2.45) is 0 Å². The van der Waals surface area contributed by atoms with Crippen LogP contribution in [0, 0.1) is 0 Å². The minimum atomic E-state index is -0.562. The van der Waals surface area contributed by atoms with E-state index in [1.807, 2.05) is 324 Å². The molecule has 0 aromatic heterocycles. The van der Waals surface area contributed by atoms with Gasteiger partial charge < -0.3 is 37.9 Å². The van der Waals surface area contributed by atoms with E-state index >= 15 is 0 Å². The van der Waals surface area contributed by atoms with Gasteiger partial charge in [0.25, 0.3) is 0 Å². The highest BCUT2D eigenvalue weighted by atomic mass is 16.6. The second-order valence-corrected chi connectivity index (χ2v) is 24.0. The van der Waals surface area contributed by atoms with Crippen LogP contribution < -0.4 is 0 Å². The van der Waals surface area contributed by atoms with Crippen LogP contribution in [0.3, 0.4) is 0 Å². The molecule has 1 aliphatic carbocycles. The molecule has 0 spiro atoms. The average Bonchev–Trinajstić information content (AvgIpc) is 0.788. The maximum absolute atomic E-state index is 13.1. The number of benzene rings is 10. The molecule has 0 amide bonds. The van der Waals surface area contributed by atoms with Crippen LogP contribution in [0.15, 0.2) is 255 Å². The predicted octanol–water partition coefficient (Wildman–Crippen LogP) is 19.8. The molecule has 10 aromatic carbocycles. The van der Waals surface area contributed by atoms with Gasteiger partial charge in [0.1, 0.15) is 0 Å². The molecule has 28 nitrogen and oxygen atoms in total.